The molecule has 0 aliphatic rings. The number of aromatic nitrogens is 2. The van der Waals surface area contributed by atoms with E-state index in [-0.39, 0.29) is 5.91 Å². The van der Waals surface area contributed by atoms with Gasteiger partial charge in [0.2, 0.25) is 0 Å². The first-order valence-electron chi connectivity index (χ1n) is 14.5. The molecule has 0 saturated carbocycles. The van der Waals surface area contributed by atoms with Crippen LogP contribution in [-0.4, -0.2) is 42.0 Å². The molecule has 7 heteroatoms. The third-order valence-corrected chi connectivity index (χ3v) is 8.04. The van der Waals surface area contributed by atoms with Gasteiger partial charge in [0.15, 0.2) is 5.16 Å². The minimum Gasteiger partial charge on any atom is -0.497 e. The Kier molecular flexibility index (Phi) is 11.3. The summed E-state index contributed by atoms with van der Waals surface area (Å²) in [5.74, 6) is 2.47. The lowest BCUT2D eigenvalue weighted by Crippen LogP contribution is -2.24. The van der Waals surface area contributed by atoms with Gasteiger partial charge in [0.25, 0.3) is 5.91 Å². The minimum absolute atomic E-state index is 0.0203. The van der Waals surface area contributed by atoms with Crippen molar-refractivity contribution in [2.24, 2.45) is 0 Å². The van der Waals surface area contributed by atoms with Crippen LogP contribution in [-0.2, 0) is 13.0 Å². The van der Waals surface area contributed by atoms with Gasteiger partial charge in [0, 0.05) is 35.5 Å². The number of unbranched alkanes of at least 4 members (excludes halogenated alkanes) is 1. The predicted molar refractivity (Wildman–Crippen MR) is 169 cm³/mol. The van der Waals surface area contributed by atoms with Crippen molar-refractivity contribution in [2.45, 2.75) is 57.7 Å². The SMILES string of the molecule is CCCCc1ccc(C(=O)NCCCSc2nc(-c3ccc(OC)cc3)c(-c3ccc(OC)cc3)n2CCC)cc1. The van der Waals surface area contributed by atoms with Gasteiger partial charge < -0.3 is 19.4 Å². The molecular formula is C34H41N3O3S. The van der Waals surface area contributed by atoms with Crippen LogP contribution in [0.5, 0.6) is 11.5 Å². The first kappa shape index (κ1) is 30.3. The number of ether oxygens (including phenoxy) is 2. The van der Waals surface area contributed by atoms with E-state index in [0.717, 1.165) is 70.7 Å². The minimum atomic E-state index is -0.0203. The van der Waals surface area contributed by atoms with Gasteiger partial charge in [-0.1, -0.05) is 44.2 Å². The third kappa shape index (κ3) is 7.94. The van der Waals surface area contributed by atoms with Gasteiger partial charge in [-0.15, -0.1) is 0 Å². The summed E-state index contributed by atoms with van der Waals surface area (Å²) < 4.78 is 13.1. The van der Waals surface area contributed by atoms with Crippen LogP contribution in [0.15, 0.2) is 78.0 Å². The Balaban J connectivity index is 1.47. The van der Waals surface area contributed by atoms with Gasteiger partial charge in [-0.2, -0.15) is 0 Å². The zero-order valence-corrected chi connectivity index (χ0v) is 25.4. The van der Waals surface area contributed by atoms with Gasteiger partial charge in [-0.05, 0) is 91.9 Å². The van der Waals surface area contributed by atoms with Crippen LogP contribution in [0.4, 0.5) is 0 Å². The first-order valence-corrected chi connectivity index (χ1v) is 15.5. The van der Waals surface area contributed by atoms with Gasteiger partial charge in [0.05, 0.1) is 25.6 Å². The summed E-state index contributed by atoms with van der Waals surface area (Å²) in [6, 6.07) is 24.2. The molecule has 216 valence electrons. The molecule has 0 spiro atoms. The second kappa shape index (κ2) is 15.3. The number of methoxy groups -OCH3 is 2. The number of benzene rings is 3. The standard InChI is InChI=1S/C34H41N3O3S/c1-5-7-9-25-10-12-28(13-11-25)33(38)35-22-8-24-41-34-36-31(26-14-18-29(39-3)19-15-26)32(37(34)23-6-2)27-16-20-30(40-4)21-17-27/h10-21H,5-9,22-24H2,1-4H3,(H,35,38). The van der Waals surface area contributed by atoms with E-state index in [1.54, 1.807) is 26.0 Å². The highest BCUT2D eigenvalue weighted by Crippen LogP contribution is 2.37. The summed E-state index contributed by atoms with van der Waals surface area (Å²) in [6.07, 6.45) is 5.24. The zero-order chi connectivity index (χ0) is 29.0. The highest BCUT2D eigenvalue weighted by atomic mass is 32.2. The molecule has 1 amide bonds. The second-order valence-corrected chi connectivity index (χ2v) is 11.0. The lowest BCUT2D eigenvalue weighted by atomic mass is 10.0. The maximum absolute atomic E-state index is 12.6. The maximum Gasteiger partial charge on any atom is 0.251 e. The fourth-order valence-corrected chi connectivity index (χ4v) is 5.67. The van der Waals surface area contributed by atoms with E-state index >= 15 is 0 Å². The largest absolute Gasteiger partial charge is 0.497 e. The van der Waals surface area contributed by atoms with Crippen molar-refractivity contribution >= 4 is 17.7 Å². The highest BCUT2D eigenvalue weighted by molar-refractivity contribution is 7.99. The molecule has 0 saturated heterocycles. The summed E-state index contributed by atoms with van der Waals surface area (Å²) >= 11 is 1.73. The Bertz CT molecular complexity index is 1380. The first-order chi connectivity index (χ1) is 20.1. The monoisotopic (exact) mass is 571 g/mol. The molecule has 6 nitrogen and oxygen atoms in total. The number of carbonyl (C=O) groups excluding carboxylic acids is 1. The van der Waals surface area contributed by atoms with E-state index in [4.69, 9.17) is 14.5 Å². The van der Waals surface area contributed by atoms with E-state index in [1.807, 2.05) is 36.4 Å². The normalized spacial score (nSPS) is 10.9. The molecule has 0 aliphatic heterocycles. The van der Waals surface area contributed by atoms with E-state index < -0.39 is 0 Å². The molecule has 41 heavy (non-hydrogen) atoms. The number of carbonyl (C=O) groups is 1. The average Bonchev–Trinajstić information content (AvgIpc) is 3.38. The van der Waals surface area contributed by atoms with E-state index in [9.17, 15) is 4.79 Å². The lowest BCUT2D eigenvalue weighted by molar-refractivity contribution is 0.0954. The Labute approximate surface area is 248 Å². The number of nitrogens with zero attached hydrogens (tertiary/aromatic N) is 2. The van der Waals surface area contributed by atoms with E-state index in [2.05, 4.69) is 60.1 Å². The van der Waals surface area contributed by atoms with Crippen molar-refractivity contribution in [3.8, 4) is 34.0 Å². The molecule has 4 rings (SSSR count). The summed E-state index contributed by atoms with van der Waals surface area (Å²) in [5.41, 5.74) is 6.18. The van der Waals surface area contributed by atoms with Crippen molar-refractivity contribution in [3.63, 3.8) is 0 Å². The Morgan fingerprint density at radius 2 is 1.46 bits per heavy atom. The van der Waals surface area contributed by atoms with Crippen LogP contribution in [0, 0.1) is 0 Å². The van der Waals surface area contributed by atoms with Gasteiger partial charge >= 0.3 is 0 Å². The number of thioether (sulfide) groups is 1. The molecule has 4 aromatic rings. The van der Waals surface area contributed by atoms with Crippen molar-refractivity contribution < 1.29 is 14.3 Å². The quantitative estimate of drug-likeness (QED) is 0.116. The molecule has 1 heterocycles. The summed E-state index contributed by atoms with van der Waals surface area (Å²) in [7, 11) is 3.36. The van der Waals surface area contributed by atoms with Crippen LogP contribution < -0.4 is 14.8 Å². The highest BCUT2D eigenvalue weighted by Gasteiger charge is 2.20. The van der Waals surface area contributed by atoms with Gasteiger partial charge in [-0.3, -0.25) is 4.79 Å². The fraction of sp³-hybridized carbons (Fsp3) is 0.353. The Morgan fingerprint density at radius 1 is 0.829 bits per heavy atom. The molecule has 0 fully saturated rings. The molecule has 0 unspecified atom stereocenters. The van der Waals surface area contributed by atoms with Crippen molar-refractivity contribution in [2.75, 3.05) is 26.5 Å². The second-order valence-electron chi connectivity index (χ2n) is 9.96. The van der Waals surface area contributed by atoms with Crippen LogP contribution in [0.3, 0.4) is 0 Å². The van der Waals surface area contributed by atoms with E-state index in [0.29, 0.717) is 12.1 Å². The van der Waals surface area contributed by atoms with Gasteiger partial charge in [-0.25, -0.2) is 4.98 Å². The van der Waals surface area contributed by atoms with Crippen molar-refractivity contribution in [1.29, 1.82) is 0 Å². The van der Waals surface area contributed by atoms with Crippen molar-refractivity contribution in [3.05, 3.63) is 83.9 Å². The number of aryl methyl sites for hydroxylation is 1. The van der Waals surface area contributed by atoms with E-state index in [1.165, 1.54) is 18.4 Å². The molecule has 0 atom stereocenters. The van der Waals surface area contributed by atoms with Gasteiger partial charge in [0.1, 0.15) is 11.5 Å². The number of nitrogens with one attached hydrogen (secondary N) is 1. The molecule has 1 aromatic heterocycles. The smallest absolute Gasteiger partial charge is 0.251 e. The fourth-order valence-electron chi connectivity index (χ4n) is 4.71. The van der Waals surface area contributed by atoms with Crippen molar-refractivity contribution in [1.82, 2.24) is 14.9 Å². The number of imidazole rings is 1. The zero-order valence-electron chi connectivity index (χ0n) is 24.6. The molecule has 0 aliphatic carbocycles. The predicted octanol–water partition coefficient (Wildman–Crippen LogP) is 7.90. The number of hydrogen-bond donors (Lipinski definition) is 1. The molecule has 0 radical (unpaired) electrons. The Morgan fingerprint density at radius 3 is 2.05 bits per heavy atom. The number of hydrogen-bond acceptors (Lipinski definition) is 5. The molecule has 1 N–H and O–H groups in total. The maximum atomic E-state index is 12.6. The Hall–Kier alpha value is -3.71. The summed E-state index contributed by atoms with van der Waals surface area (Å²) in [6.45, 7) is 5.86. The molecular weight excluding hydrogens is 530 g/mol. The summed E-state index contributed by atoms with van der Waals surface area (Å²) in [4.78, 5) is 17.8. The summed E-state index contributed by atoms with van der Waals surface area (Å²) in [5, 5.41) is 4.06. The topological polar surface area (TPSA) is 65.4 Å². The average molecular weight is 572 g/mol. The van der Waals surface area contributed by atoms with Crippen LogP contribution >= 0.6 is 11.8 Å². The third-order valence-electron chi connectivity index (χ3n) is 6.98. The number of rotatable bonds is 15. The molecule has 3 aromatic carbocycles. The van der Waals surface area contributed by atoms with Crippen LogP contribution in [0.2, 0.25) is 0 Å². The molecule has 0 bridgehead atoms. The lowest BCUT2D eigenvalue weighted by Gasteiger charge is -2.13. The van der Waals surface area contributed by atoms with Crippen LogP contribution in [0.25, 0.3) is 22.5 Å². The number of amides is 1. The van der Waals surface area contributed by atoms with Crippen LogP contribution in [0.1, 0.15) is 55.5 Å².